The molecule has 146 valence electrons. The summed E-state index contributed by atoms with van der Waals surface area (Å²) in [6, 6.07) is 31.2. The molecule has 0 aromatic heterocycles. The number of halogens is 1. The number of benzene rings is 4. The van der Waals surface area contributed by atoms with Gasteiger partial charge in [-0.1, -0.05) is 78.3 Å². The molecular formula is C26H19ClN2O. The van der Waals surface area contributed by atoms with Crippen LogP contribution in [0, 0.1) is 0 Å². The van der Waals surface area contributed by atoms with Gasteiger partial charge in [-0.3, -0.25) is 0 Å². The summed E-state index contributed by atoms with van der Waals surface area (Å²) in [6.07, 6.45) is 0.557. The Hall–Kier alpha value is -3.30. The standard InChI is InChI=1S/C26H19ClN2O/c27-21-12-13-25-22(15-21)24-16-23(20-11-10-17-6-4-5-9-19(17)14-20)28-29(24)26(30-25)18-7-2-1-3-8-18/h1-15,24,26H,16H2/t24-,26-/m0/s1. The van der Waals surface area contributed by atoms with Gasteiger partial charge in [0.15, 0.2) is 0 Å². The zero-order valence-corrected chi connectivity index (χ0v) is 17.0. The lowest BCUT2D eigenvalue weighted by atomic mass is 9.95. The van der Waals surface area contributed by atoms with Crippen molar-refractivity contribution in [3.8, 4) is 5.75 Å². The maximum absolute atomic E-state index is 6.40. The highest BCUT2D eigenvalue weighted by Gasteiger charge is 2.41. The van der Waals surface area contributed by atoms with E-state index in [1.165, 1.54) is 10.8 Å². The van der Waals surface area contributed by atoms with E-state index in [0.717, 1.165) is 39.6 Å². The van der Waals surface area contributed by atoms with Gasteiger partial charge in [0, 0.05) is 22.6 Å². The topological polar surface area (TPSA) is 24.8 Å². The maximum atomic E-state index is 6.40. The van der Waals surface area contributed by atoms with Crippen molar-refractivity contribution in [3.63, 3.8) is 0 Å². The predicted molar refractivity (Wildman–Crippen MR) is 121 cm³/mol. The van der Waals surface area contributed by atoms with E-state index in [0.29, 0.717) is 0 Å². The van der Waals surface area contributed by atoms with E-state index in [1.54, 1.807) is 0 Å². The summed E-state index contributed by atoms with van der Waals surface area (Å²) in [6.45, 7) is 0. The molecule has 30 heavy (non-hydrogen) atoms. The second kappa shape index (κ2) is 6.89. The van der Waals surface area contributed by atoms with Crippen LogP contribution in [0.1, 0.15) is 35.4 Å². The number of hydrogen-bond acceptors (Lipinski definition) is 3. The molecule has 0 bridgehead atoms. The molecule has 0 N–H and O–H groups in total. The first-order valence-corrected chi connectivity index (χ1v) is 10.5. The molecule has 2 heterocycles. The Morgan fingerprint density at radius 2 is 1.63 bits per heavy atom. The van der Waals surface area contributed by atoms with Crippen LogP contribution in [0.3, 0.4) is 0 Å². The minimum Gasteiger partial charge on any atom is -0.464 e. The van der Waals surface area contributed by atoms with Gasteiger partial charge >= 0.3 is 0 Å². The zero-order valence-electron chi connectivity index (χ0n) is 16.2. The largest absolute Gasteiger partial charge is 0.464 e. The van der Waals surface area contributed by atoms with Crippen LogP contribution >= 0.6 is 11.6 Å². The molecule has 2 atom stereocenters. The molecule has 2 aliphatic rings. The Labute approximate surface area is 180 Å². The van der Waals surface area contributed by atoms with Crippen molar-refractivity contribution in [2.45, 2.75) is 18.7 Å². The van der Waals surface area contributed by atoms with Crippen molar-refractivity contribution in [1.29, 1.82) is 0 Å². The van der Waals surface area contributed by atoms with Gasteiger partial charge in [-0.15, -0.1) is 0 Å². The smallest absolute Gasteiger partial charge is 0.213 e. The predicted octanol–water partition coefficient (Wildman–Crippen LogP) is 6.74. The lowest BCUT2D eigenvalue weighted by Gasteiger charge is -2.38. The summed E-state index contributed by atoms with van der Waals surface area (Å²) in [7, 11) is 0. The van der Waals surface area contributed by atoms with Crippen LogP contribution in [0.2, 0.25) is 5.02 Å². The molecule has 0 amide bonds. The van der Waals surface area contributed by atoms with Gasteiger partial charge in [-0.05, 0) is 40.6 Å². The van der Waals surface area contributed by atoms with Crippen molar-refractivity contribution in [1.82, 2.24) is 5.01 Å². The number of hydrazone groups is 1. The fourth-order valence-corrected chi connectivity index (χ4v) is 4.62. The summed E-state index contributed by atoms with van der Waals surface area (Å²) >= 11 is 6.33. The first-order chi connectivity index (χ1) is 14.8. The Kier molecular flexibility index (Phi) is 4.03. The number of ether oxygens (including phenoxy) is 1. The average molecular weight is 411 g/mol. The molecule has 4 aromatic rings. The molecule has 3 nitrogen and oxygen atoms in total. The average Bonchev–Trinajstić information content (AvgIpc) is 3.25. The van der Waals surface area contributed by atoms with Crippen LogP contribution < -0.4 is 4.74 Å². The Morgan fingerprint density at radius 1 is 0.833 bits per heavy atom. The van der Waals surface area contributed by atoms with E-state index in [1.807, 2.05) is 36.4 Å². The highest BCUT2D eigenvalue weighted by atomic mass is 35.5. The molecule has 6 rings (SSSR count). The maximum Gasteiger partial charge on any atom is 0.213 e. The van der Waals surface area contributed by atoms with Crippen LogP contribution in [-0.2, 0) is 0 Å². The molecule has 0 unspecified atom stereocenters. The third-order valence-corrected chi connectivity index (χ3v) is 6.15. The molecular weight excluding hydrogens is 392 g/mol. The Bertz CT molecular complexity index is 1280. The van der Waals surface area contributed by atoms with E-state index in [4.69, 9.17) is 21.4 Å². The number of fused-ring (bicyclic) bond motifs is 4. The molecule has 0 saturated heterocycles. The molecule has 0 aliphatic carbocycles. The third kappa shape index (κ3) is 2.86. The second-order valence-corrected chi connectivity index (χ2v) is 8.21. The van der Waals surface area contributed by atoms with Gasteiger partial charge in [-0.25, -0.2) is 5.01 Å². The van der Waals surface area contributed by atoms with E-state index < -0.39 is 0 Å². The normalized spacial score (nSPS) is 19.8. The molecule has 0 radical (unpaired) electrons. The van der Waals surface area contributed by atoms with Crippen molar-refractivity contribution >= 4 is 28.1 Å². The minimum absolute atomic E-state index is 0.0964. The van der Waals surface area contributed by atoms with Crippen LogP contribution in [-0.4, -0.2) is 10.7 Å². The van der Waals surface area contributed by atoms with E-state index >= 15 is 0 Å². The van der Waals surface area contributed by atoms with E-state index in [-0.39, 0.29) is 12.3 Å². The third-order valence-electron chi connectivity index (χ3n) is 5.92. The fourth-order valence-electron chi connectivity index (χ4n) is 4.44. The van der Waals surface area contributed by atoms with E-state index in [9.17, 15) is 0 Å². The van der Waals surface area contributed by atoms with Crippen LogP contribution in [0.15, 0.2) is 96.1 Å². The lowest BCUT2D eigenvalue weighted by Crippen LogP contribution is -2.33. The monoisotopic (exact) mass is 410 g/mol. The van der Waals surface area contributed by atoms with Crippen molar-refractivity contribution in [2.24, 2.45) is 5.10 Å². The molecule has 0 saturated carbocycles. The summed E-state index contributed by atoms with van der Waals surface area (Å²) < 4.78 is 6.40. The SMILES string of the molecule is Clc1ccc2c(c1)[C@@H]1CC(c3ccc4ccccc4c3)=NN1[C@H](c1ccccc1)O2. The van der Waals surface area contributed by atoms with Crippen molar-refractivity contribution in [3.05, 3.63) is 113 Å². The van der Waals surface area contributed by atoms with Crippen LogP contribution in [0.5, 0.6) is 5.75 Å². The minimum atomic E-state index is -0.261. The van der Waals surface area contributed by atoms with Gasteiger partial charge in [0.05, 0.1) is 11.8 Å². The molecule has 4 aromatic carbocycles. The zero-order chi connectivity index (χ0) is 20.1. The molecule has 0 spiro atoms. The summed E-state index contributed by atoms with van der Waals surface area (Å²) in [5.74, 6) is 0.879. The van der Waals surface area contributed by atoms with Crippen molar-refractivity contribution < 1.29 is 4.74 Å². The van der Waals surface area contributed by atoms with E-state index in [2.05, 4.69) is 59.6 Å². The number of rotatable bonds is 2. The molecule has 2 aliphatic heterocycles. The fraction of sp³-hybridized carbons (Fsp3) is 0.115. The summed E-state index contributed by atoms with van der Waals surface area (Å²) in [5.41, 5.74) is 4.41. The Balaban J connectivity index is 1.46. The summed E-state index contributed by atoms with van der Waals surface area (Å²) in [5, 5.41) is 10.3. The molecule has 4 heteroatoms. The van der Waals surface area contributed by atoms with Gasteiger partial charge in [0.1, 0.15) is 5.75 Å². The second-order valence-electron chi connectivity index (χ2n) is 7.77. The molecule has 0 fully saturated rings. The van der Waals surface area contributed by atoms with Gasteiger partial charge < -0.3 is 4.74 Å². The summed E-state index contributed by atoms with van der Waals surface area (Å²) in [4.78, 5) is 0. The van der Waals surface area contributed by atoms with Crippen LogP contribution in [0.4, 0.5) is 0 Å². The highest BCUT2D eigenvalue weighted by Crippen LogP contribution is 2.48. The van der Waals surface area contributed by atoms with Crippen LogP contribution in [0.25, 0.3) is 10.8 Å². The van der Waals surface area contributed by atoms with Gasteiger partial charge in [-0.2, -0.15) is 5.10 Å². The number of nitrogens with zero attached hydrogens (tertiary/aromatic N) is 2. The lowest BCUT2D eigenvalue weighted by molar-refractivity contribution is -0.0190. The Morgan fingerprint density at radius 3 is 2.50 bits per heavy atom. The van der Waals surface area contributed by atoms with Gasteiger partial charge in [0.2, 0.25) is 6.23 Å². The first kappa shape index (κ1) is 17.5. The van der Waals surface area contributed by atoms with Gasteiger partial charge in [0.25, 0.3) is 0 Å². The highest BCUT2D eigenvalue weighted by molar-refractivity contribution is 6.30. The number of hydrogen-bond donors (Lipinski definition) is 0. The first-order valence-electron chi connectivity index (χ1n) is 10.1. The quantitative estimate of drug-likeness (QED) is 0.365. The van der Waals surface area contributed by atoms with Crippen molar-refractivity contribution in [2.75, 3.05) is 0 Å².